The van der Waals surface area contributed by atoms with Crippen LogP contribution in [0.1, 0.15) is 44.1 Å². The van der Waals surface area contributed by atoms with Gasteiger partial charge in [-0.2, -0.15) is 0 Å². The number of aryl methyl sites for hydroxylation is 1. The molecule has 3 rings (SSSR count). The zero-order valence-electron chi connectivity index (χ0n) is 11.4. The molecular weight excluding hydrogens is 220 g/mol. The van der Waals surface area contributed by atoms with E-state index in [2.05, 4.69) is 24.3 Å². The van der Waals surface area contributed by atoms with Crippen LogP contribution in [0.5, 0.6) is 5.75 Å². The topological polar surface area (TPSA) is 9.23 Å². The van der Waals surface area contributed by atoms with E-state index in [0.29, 0.717) is 0 Å². The molecule has 0 bridgehead atoms. The molecule has 98 valence electrons. The zero-order valence-corrected chi connectivity index (χ0v) is 11.4. The molecule has 18 heavy (non-hydrogen) atoms. The molecular formula is C17H24O. The largest absolute Gasteiger partial charge is 0.497 e. The van der Waals surface area contributed by atoms with Crippen molar-refractivity contribution in [3.63, 3.8) is 0 Å². The summed E-state index contributed by atoms with van der Waals surface area (Å²) in [5, 5.41) is 0. The molecule has 0 aromatic heterocycles. The summed E-state index contributed by atoms with van der Waals surface area (Å²) >= 11 is 0. The Morgan fingerprint density at radius 2 is 1.83 bits per heavy atom. The standard InChI is InChI=1S/C17H24O/c1-18-16-11-6-13(7-12-16)5-8-14-3-2-4-17(14)15-9-10-15/h6-7,11-12,14-15,17H,2-5,8-10H2,1H3. The fourth-order valence-electron chi connectivity index (χ4n) is 3.71. The molecule has 0 heterocycles. The molecule has 2 atom stereocenters. The van der Waals surface area contributed by atoms with Gasteiger partial charge in [-0.05, 0) is 67.6 Å². The van der Waals surface area contributed by atoms with Crippen molar-refractivity contribution < 1.29 is 4.74 Å². The Morgan fingerprint density at radius 1 is 1.06 bits per heavy atom. The van der Waals surface area contributed by atoms with Crippen molar-refractivity contribution in [2.75, 3.05) is 7.11 Å². The van der Waals surface area contributed by atoms with E-state index in [1.165, 1.54) is 50.5 Å². The van der Waals surface area contributed by atoms with Gasteiger partial charge in [0.1, 0.15) is 5.75 Å². The molecule has 2 aliphatic carbocycles. The average Bonchev–Trinajstić information content (AvgIpc) is 3.16. The van der Waals surface area contributed by atoms with Crippen molar-refractivity contribution in [2.45, 2.75) is 44.9 Å². The van der Waals surface area contributed by atoms with E-state index in [0.717, 1.165) is 23.5 Å². The van der Waals surface area contributed by atoms with Gasteiger partial charge in [0.05, 0.1) is 7.11 Å². The lowest BCUT2D eigenvalue weighted by Gasteiger charge is -2.19. The molecule has 1 aromatic rings. The lowest BCUT2D eigenvalue weighted by atomic mass is 9.87. The van der Waals surface area contributed by atoms with Crippen LogP contribution in [0, 0.1) is 17.8 Å². The minimum atomic E-state index is 0.968. The van der Waals surface area contributed by atoms with Gasteiger partial charge in [-0.15, -0.1) is 0 Å². The molecule has 0 spiro atoms. The maximum atomic E-state index is 5.20. The van der Waals surface area contributed by atoms with Crippen LogP contribution >= 0.6 is 0 Å². The van der Waals surface area contributed by atoms with Crippen molar-refractivity contribution in [3.05, 3.63) is 29.8 Å². The number of hydrogen-bond donors (Lipinski definition) is 0. The van der Waals surface area contributed by atoms with E-state index in [4.69, 9.17) is 4.74 Å². The fraction of sp³-hybridized carbons (Fsp3) is 0.647. The van der Waals surface area contributed by atoms with Crippen LogP contribution in [0.4, 0.5) is 0 Å². The van der Waals surface area contributed by atoms with Crippen LogP contribution in [-0.4, -0.2) is 7.11 Å². The predicted octanol–water partition coefficient (Wildman–Crippen LogP) is 4.45. The van der Waals surface area contributed by atoms with Gasteiger partial charge in [-0.1, -0.05) is 25.0 Å². The van der Waals surface area contributed by atoms with E-state index in [1.54, 1.807) is 7.11 Å². The Kier molecular flexibility index (Phi) is 3.58. The lowest BCUT2D eigenvalue weighted by molar-refractivity contribution is 0.327. The molecule has 0 saturated heterocycles. The molecule has 2 fully saturated rings. The van der Waals surface area contributed by atoms with Gasteiger partial charge < -0.3 is 4.74 Å². The maximum Gasteiger partial charge on any atom is 0.118 e. The van der Waals surface area contributed by atoms with Gasteiger partial charge >= 0.3 is 0 Å². The molecule has 1 aromatic carbocycles. The molecule has 0 amide bonds. The van der Waals surface area contributed by atoms with Gasteiger partial charge in [0.2, 0.25) is 0 Å². The van der Waals surface area contributed by atoms with Crippen LogP contribution in [0.2, 0.25) is 0 Å². The molecule has 2 saturated carbocycles. The number of benzene rings is 1. The number of methoxy groups -OCH3 is 1. The highest BCUT2D eigenvalue weighted by atomic mass is 16.5. The Bertz CT molecular complexity index is 377. The van der Waals surface area contributed by atoms with Crippen LogP contribution < -0.4 is 4.74 Å². The summed E-state index contributed by atoms with van der Waals surface area (Å²) in [4.78, 5) is 0. The van der Waals surface area contributed by atoms with E-state index in [1.807, 2.05) is 0 Å². The third-order valence-corrected chi connectivity index (χ3v) is 4.91. The Morgan fingerprint density at radius 3 is 2.50 bits per heavy atom. The quantitative estimate of drug-likeness (QED) is 0.743. The minimum absolute atomic E-state index is 0.968. The zero-order chi connectivity index (χ0) is 12.4. The molecule has 0 aliphatic heterocycles. The summed E-state index contributed by atoms with van der Waals surface area (Å²) in [6.45, 7) is 0. The van der Waals surface area contributed by atoms with Gasteiger partial charge in [0, 0.05) is 0 Å². The second-order valence-electron chi connectivity index (χ2n) is 6.08. The van der Waals surface area contributed by atoms with Crippen molar-refractivity contribution in [2.24, 2.45) is 17.8 Å². The first-order valence-corrected chi connectivity index (χ1v) is 7.50. The van der Waals surface area contributed by atoms with Crippen LogP contribution in [0.25, 0.3) is 0 Å². The highest BCUT2D eigenvalue weighted by Crippen LogP contribution is 2.49. The third-order valence-electron chi connectivity index (χ3n) is 4.91. The first kappa shape index (κ1) is 12.1. The Labute approximate surface area is 111 Å². The summed E-state index contributed by atoms with van der Waals surface area (Å²) in [6, 6.07) is 8.62. The number of hydrogen-bond acceptors (Lipinski definition) is 1. The van der Waals surface area contributed by atoms with Crippen LogP contribution in [0.15, 0.2) is 24.3 Å². The van der Waals surface area contributed by atoms with E-state index >= 15 is 0 Å². The second-order valence-corrected chi connectivity index (χ2v) is 6.08. The van der Waals surface area contributed by atoms with Gasteiger partial charge in [0.15, 0.2) is 0 Å². The summed E-state index contributed by atoms with van der Waals surface area (Å²) in [6.07, 6.45) is 10.2. The van der Waals surface area contributed by atoms with E-state index in [-0.39, 0.29) is 0 Å². The summed E-state index contributed by atoms with van der Waals surface area (Å²) in [7, 11) is 1.73. The number of rotatable bonds is 5. The molecule has 2 aliphatic rings. The molecule has 1 nitrogen and oxygen atoms in total. The average molecular weight is 244 g/mol. The van der Waals surface area contributed by atoms with Crippen LogP contribution in [-0.2, 0) is 6.42 Å². The van der Waals surface area contributed by atoms with Crippen LogP contribution in [0.3, 0.4) is 0 Å². The minimum Gasteiger partial charge on any atom is -0.497 e. The number of ether oxygens (including phenoxy) is 1. The highest BCUT2D eigenvalue weighted by Gasteiger charge is 2.38. The highest BCUT2D eigenvalue weighted by molar-refractivity contribution is 5.27. The Hall–Kier alpha value is -0.980. The normalized spacial score (nSPS) is 27.4. The van der Waals surface area contributed by atoms with Gasteiger partial charge in [-0.3, -0.25) is 0 Å². The molecule has 0 radical (unpaired) electrons. The van der Waals surface area contributed by atoms with Crippen molar-refractivity contribution in [1.82, 2.24) is 0 Å². The first-order chi connectivity index (χ1) is 8.86. The monoisotopic (exact) mass is 244 g/mol. The SMILES string of the molecule is COc1ccc(CCC2CCCC2C2CC2)cc1. The van der Waals surface area contributed by atoms with Crippen molar-refractivity contribution in [3.8, 4) is 5.75 Å². The fourth-order valence-corrected chi connectivity index (χ4v) is 3.71. The summed E-state index contributed by atoms with van der Waals surface area (Å²) in [5.74, 6) is 4.16. The first-order valence-electron chi connectivity index (χ1n) is 7.50. The third kappa shape index (κ3) is 2.71. The molecule has 2 unspecified atom stereocenters. The summed E-state index contributed by atoms with van der Waals surface area (Å²) in [5.41, 5.74) is 1.47. The second kappa shape index (κ2) is 5.34. The Balaban J connectivity index is 1.53. The lowest BCUT2D eigenvalue weighted by Crippen LogP contribution is -2.10. The van der Waals surface area contributed by atoms with E-state index < -0.39 is 0 Å². The predicted molar refractivity (Wildman–Crippen MR) is 74.9 cm³/mol. The molecule has 0 N–H and O–H groups in total. The van der Waals surface area contributed by atoms with Crippen molar-refractivity contribution >= 4 is 0 Å². The van der Waals surface area contributed by atoms with E-state index in [9.17, 15) is 0 Å². The maximum absolute atomic E-state index is 5.20. The van der Waals surface area contributed by atoms with Gasteiger partial charge in [-0.25, -0.2) is 0 Å². The molecule has 1 heteroatoms. The van der Waals surface area contributed by atoms with Gasteiger partial charge in [0.25, 0.3) is 0 Å². The van der Waals surface area contributed by atoms with Crippen molar-refractivity contribution in [1.29, 1.82) is 0 Å². The summed E-state index contributed by atoms with van der Waals surface area (Å²) < 4.78 is 5.20. The smallest absolute Gasteiger partial charge is 0.118 e.